The van der Waals surface area contributed by atoms with E-state index < -0.39 is 16.6 Å². The third-order valence-corrected chi connectivity index (χ3v) is 8.74. The molecule has 2 N–H and O–H groups in total. The molecule has 0 spiro atoms. The van der Waals surface area contributed by atoms with Gasteiger partial charge in [0.25, 0.3) is 5.89 Å². The molecule has 1 aromatic carbocycles. The molecule has 5 rings (SSSR count). The third kappa shape index (κ3) is 4.84. The molecule has 0 bridgehead atoms. The van der Waals surface area contributed by atoms with Crippen molar-refractivity contribution >= 4 is 5.91 Å². The van der Waals surface area contributed by atoms with Gasteiger partial charge in [0.1, 0.15) is 11.2 Å². The zero-order valence-electron chi connectivity index (χ0n) is 24.4. The Morgan fingerprint density at radius 1 is 1.05 bits per heavy atom. The van der Waals surface area contributed by atoms with Gasteiger partial charge in [-0.15, -0.1) is 0 Å². The second-order valence-electron chi connectivity index (χ2n) is 12.6. The number of carbonyl (C=O) groups is 1. The molecule has 1 atom stereocenters. The SMILES string of the molecule is CC(C)C(=O)N1CCC(O)(c2nc(-c3cncc(C(O)(c4ccc(C(C)C)cc4)C4(C)CN(C)C4)c3)no2)CC1. The lowest BCUT2D eigenvalue weighted by molar-refractivity contribution is -0.140. The Morgan fingerprint density at radius 3 is 2.27 bits per heavy atom. The van der Waals surface area contributed by atoms with Gasteiger partial charge >= 0.3 is 0 Å². The Kier molecular flexibility index (Phi) is 7.35. The fraction of sp³-hybridized carbons (Fsp3) is 0.548. The van der Waals surface area contributed by atoms with Crippen molar-refractivity contribution in [1.29, 1.82) is 0 Å². The van der Waals surface area contributed by atoms with Crippen LogP contribution in [0.15, 0.2) is 47.2 Å². The first-order valence-corrected chi connectivity index (χ1v) is 14.2. The number of likely N-dealkylation sites (tertiary alicyclic amines) is 2. The lowest BCUT2D eigenvalue weighted by atomic mass is 9.62. The van der Waals surface area contributed by atoms with Gasteiger partial charge in [-0.3, -0.25) is 9.78 Å². The van der Waals surface area contributed by atoms with Gasteiger partial charge in [0.05, 0.1) is 0 Å². The molecule has 2 aliphatic rings. The van der Waals surface area contributed by atoms with E-state index in [2.05, 4.69) is 52.9 Å². The first-order valence-electron chi connectivity index (χ1n) is 14.2. The van der Waals surface area contributed by atoms with Gasteiger partial charge in [-0.25, -0.2) is 0 Å². The van der Waals surface area contributed by atoms with Crippen molar-refractivity contribution in [2.45, 2.75) is 64.6 Å². The Balaban J connectivity index is 1.45. The highest BCUT2D eigenvalue weighted by molar-refractivity contribution is 5.78. The highest BCUT2D eigenvalue weighted by Crippen LogP contribution is 2.50. The predicted octanol–water partition coefficient (Wildman–Crippen LogP) is 3.91. The van der Waals surface area contributed by atoms with Crippen molar-refractivity contribution in [3.63, 3.8) is 0 Å². The van der Waals surface area contributed by atoms with Gasteiger partial charge < -0.3 is 24.5 Å². The number of rotatable bonds is 7. The summed E-state index contributed by atoms with van der Waals surface area (Å²) in [5.74, 6) is 0.815. The first-order chi connectivity index (χ1) is 18.9. The summed E-state index contributed by atoms with van der Waals surface area (Å²) in [5, 5.41) is 28.0. The van der Waals surface area contributed by atoms with Crippen LogP contribution in [0.4, 0.5) is 0 Å². The van der Waals surface area contributed by atoms with Crippen LogP contribution in [0.5, 0.6) is 0 Å². The second-order valence-corrected chi connectivity index (χ2v) is 12.6. The smallest absolute Gasteiger partial charge is 0.259 e. The standard InChI is InChI=1S/C31H41N5O4/c1-20(2)22-7-9-24(10-8-22)31(39,29(5)18-35(6)19-29)25-15-23(16-32-17-25)26-33-28(40-34-26)30(38)11-13-36(14-12-30)27(37)21(3)4/h7-10,15-17,20-21,38-39H,11-14,18-19H2,1-6H3. The zero-order chi connectivity index (χ0) is 28.9. The molecule has 2 aliphatic heterocycles. The summed E-state index contributed by atoms with van der Waals surface area (Å²) in [6, 6.07) is 10.1. The molecule has 214 valence electrons. The molecule has 2 fully saturated rings. The number of hydrogen-bond acceptors (Lipinski definition) is 8. The van der Waals surface area contributed by atoms with Crippen LogP contribution in [0.3, 0.4) is 0 Å². The number of aromatic nitrogens is 3. The van der Waals surface area contributed by atoms with Gasteiger partial charge in [0.2, 0.25) is 11.7 Å². The Bertz CT molecular complexity index is 1350. The van der Waals surface area contributed by atoms with Crippen molar-refractivity contribution in [3.05, 3.63) is 65.3 Å². The molecule has 0 saturated carbocycles. The quantitative estimate of drug-likeness (QED) is 0.458. The second kappa shape index (κ2) is 10.4. The van der Waals surface area contributed by atoms with Gasteiger partial charge in [-0.1, -0.05) is 64.0 Å². The van der Waals surface area contributed by atoms with Crippen LogP contribution in [-0.4, -0.2) is 74.3 Å². The number of hydrogen-bond donors (Lipinski definition) is 2. The molecule has 9 heteroatoms. The van der Waals surface area contributed by atoms with Crippen LogP contribution in [0.1, 0.15) is 76.0 Å². The van der Waals surface area contributed by atoms with E-state index in [1.165, 1.54) is 5.56 Å². The van der Waals surface area contributed by atoms with Crippen molar-refractivity contribution in [2.75, 3.05) is 33.2 Å². The lowest BCUT2D eigenvalue weighted by Gasteiger charge is -2.55. The molecular weight excluding hydrogens is 506 g/mol. The number of pyridine rings is 1. The predicted molar refractivity (Wildman–Crippen MR) is 151 cm³/mol. The molecule has 2 aromatic heterocycles. The van der Waals surface area contributed by atoms with E-state index in [9.17, 15) is 15.0 Å². The average molecular weight is 548 g/mol. The van der Waals surface area contributed by atoms with Crippen LogP contribution in [0.2, 0.25) is 0 Å². The number of amides is 1. The molecule has 1 unspecified atom stereocenters. The fourth-order valence-corrected chi connectivity index (χ4v) is 6.31. The number of aliphatic hydroxyl groups is 2. The van der Waals surface area contributed by atoms with Crippen LogP contribution in [0.25, 0.3) is 11.4 Å². The molecule has 0 aliphatic carbocycles. The van der Waals surface area contributed by atoms with Crippen molar-refractivity contribution < 1.29 is 19.5 Å². The van der Waals surface area contributed by atoms with Crippen LogP contribution in [-0.2, 0) is 16.0 Å². The monoisotopic (exact) mass is 547 g/mol. The average Bonchev–Trinajstić information content (AvgIpc) is 3.43. The summed E-state index contributed by atoms with van der Waals surface area (Å²) in [6.45, 7) is 12.5. The van der Waals surface area contributed by atoms with E-state index in [4.69, 9.17) is 4.52 Å². The van der Waals surface area contributed by atoms with Gasteiger partial charge in [0, 0.05) is 73.9 Å². The maximum atomic E-state index is 12.5. The van der Waals surface area contributed by atoms with Gasteiger partial charge in [-0.2, -0.15) is 4.98 Å². The zero-order valence-corrected chi connectivity index (χ0v) is 24.4. The molecule has 3 aromatic rings. The van der Waals surface area contributed by atoms with E-state index >= 15 is 0 Å². The maximum Gasteiger partial charge on any atom is 0.259 e. The summed E-state index contributed by atoms with van der Waals surface area (Å²) < 4.78 is 5.55. The number of benzene rings is 1. The van der Waals surface area contributed by atoms with Crippen LogP contribution in [0, 0.1) is 11.3 Å². The molecule has 4 heterocycles. The van der Waals surface area contributed by atoms with Crippen molar-refractivity contribution in [3.8, 4) is 11.4 Å². The fourth-order valence-electron chi connectivity index (χ4n) is 6.31. The van der Waals surface area contributed by atoms with Crippen molar-refractivity contribution in [1.82, 2.24) is 24.9 Å². The highest BCUT2D eigenvalue weighted by Gasteiger charge is 2.55. The summed E-state index contributed by atoms with van der Waals surface area (Å²) in [6.07, 6.45) is 4.00. The summed E-state index contributed by atoms with van der Waals surface area (Å²) in [5.41, 5.74) is 0.259. The molecule has 1 amide bonds. The Morgan fingerprint density at radius 2 is 1.70 bits per heavy atom. The first kappa shape index (κ1) is 28.4. The summed E-state index contributed by atoms with van der Waals surface area (Å²) in [4.78, 5) is 25.4. The molecule has 2 saturated heterocycles. The topological polar surface area (TPSA) is 116 Å². The molecule has 9 nitrogen and oxygen atoms in total. The highest BCUT2D eigenvalue weighted by atomic mass is 16.5. The van der Waals surface area contributed by atoms with E-state index in [0.717, 1.165) is 18.7 Å². The number of nitrogens with zero attached hydrogens (tertiary/aromatic N) is 5. The van der Waals surface area contributed by atoms with Crippen LogP contribution < -0.4 is 0 Å². The van der Waals surface area contributed by atoms with E-state index in [1.54, 1.807) is 17.3 Å². The minimum absolute atomic E-state index is 0.0776. The number of carbonyl (C=O) groups excluding carboxylic acids is 1. The summed E-state index contributed by atoms with van der Waals surface area (Å²) >= 11 is 0. The molecule has 0 radical (unpaired) electrons. The summed E-state index contributed by atoms with van der Waals surface area (Å²) in [7, 11) is 2.05. The maximum absolute atomic E-state index is 12.5. The molecule has 40 heavy (non-hydrogen) atoms. The molecular formula is C31H41N5O4. The lowest BCUT2D eigenvalue weighted by Crippen LogP contribution is -2.63. The normalized spacial score (nSPS) is 20.4. The van der Waals surface area contributed by atoms with Crippen LogP contribution >= 0.6 is 0 Å². The minimum Gasteiger partial charge on any atom is -0.380 e. The van der Waals surface area contributed by atoms with Gasteiger partial charge in [-0.05, 0) is 30.2 Å². The Hall–Kier alpha value is -3.14. The van der Waals surface area contributed by atoms with E-state index in [-0.39, 0.29) is 17.7 Å². The Labute approximate surface area is 236 Å². The third-order valence-electron chi connectivity index (χ3n) is 8.74. The van der Waals surface area contributed by atoms with Gasteiger partial charge in [0.15, 0.2) is 0 Å². The largest absolute Gasteiger partial charge is 0.380 e. The van der Waals surface area contributed by atoms with Crippen molar-refractivity contribution in [2.24, 2.45) is 11.3 Å². The number of piperidine rings is 1. The van der Waals surface area contributed by atoms with E-state index in [1.807, 2.05) is 39.1 Å². The minimum atomic E-state index is -1.30. The van der Waals surface area contributed by atoms with E-state index in [0.29, 0.717) is 48.8 Å².